The molecule has 2 N–H and O–H groups in total. The summed E-state index contributed by atoms with van der Waals surface area (Å²) in [6, 6.07) is 7.86. The Balaban J connectivity index is 0.000000568. The molecule has 1 aromatic rings. The van der Waals surface area contributed by atoms with Gasteiger partial charge in [0.05, 0.1) is 13.7 Å². The maximum absolute atomic E-state index is 9.10. The third kappa shape index (κ3) is 10.2. The van der Waals surface area contributed by atoms with Crippen LogP contribution >= 0.6 is 0 Å². The Bertz CT molecular complexity index is 555. The zero-order chi connectivity index (χ0) is 20.8. The van der Waals surface area contributed by atoms with Gasteiger partial charge in [0.25, 0.3) is 0 Å². The summed E-state index contributed by atoms with van der Waals surface area (Å²) in [5.74, 6) is -0.994. The van der Waals surface area contributed by atoms with Gasteiger partial charge in [-0.1, -0.05) is 19.8 Å². The van der Waals surface area contributed by atoms with Crippen molar-refractivity contribution in [3.63, 3.8) is 0 Å². The number of ether oxygens (including phenoxy) is 2. The molecule has 0 bridgehead atoms. The van der Waals surface area contributed by atoms with Crippen molar-refractivity contribution in [3.8, 4) is 11.5 Å². The molecule has 0 unspecified atom stereocenters. The third-order valence-electron chi connectivity index (χ3n) is 4.82. The number of carbonyl (C=O) groups is 2. The van der Waals surface area contributed by atoms with E-state index in [1.807, 2.05) is 24.3 Å². The monoisotopic (exact) mass is 395 g/mol. The first-order chi connectivity index (χ1) is 13.5. The highest BCUT2D eigenvalue weighted by Crippen LogP contribution is 2.22. The summed E-state index contributed by atoms with van der Waals surface area (Å²) in [6.07, 6.45) is 7.89. The number of likely N-dealkylation sites (tertiary alicyclic amines) is 1. The van der Waals surface area contributed by atoms with Crippen molar-refractivity contribution in [2.24, 2.45) is 5.92 Å². The summed E-state index contributed by atoms with van der Waals surface area (Å²) in [5.41, 5.74) is 0. The molecular formula is C21H33NO6. The summed E-state index contributed by atoms with van der Waals surface area (Å²) >= 11 is 0. The number of carboxylic acids is 2. The zero-order valence-electron chi connectivity index (χ0n) is 16.9. The van der Waals surface area contributed by atoms with Crippen molar-refractivity contribution in [1.82, 2.24) is 4.90 Å². The number of methoxy groups -OCH3 is 1. The van der Waals surface area contributed by atoms with Crippen LogP contribution in [0.5, 0.6) is 11.5 Å². The molecular weight excluding hydrogens is 362 g/mol. The Labute approximate surface area is 167 Å². The van der Waals surface area contributed by atoms with Crippen LogP contribution in [0.15, 0.2) is 24.3 Å². The minimum Gasteiger partial charge on any atom is -0.497 e. The molecule has 1 aliphatic rings. The highest BCUT2D eigenvalue weighted by Gasteiger charge is 2.18. The Hall–Kier alpha value is -2.28. The SMILES string of the molecule is CCCCCN1CCC(CCOc2ccc(OC)cc2)CC1.O=C(O)C(=O)O. The molecule has 1 aliphatic heterocycles. The van der Waals surface area contributed by atoms with Gasteiger partial charge in [-0.05, 0) is 75.5 Å². The Kier molecular flexibility index (Phi) is 11.7. The molecule has 0 amide bonds. The number of rotatable bonds is 9. The molecule has 0 aliphatic carbocycles. The molecule has 1 aromatic carbocycles. The second-order valence-electron chi connectivity index (χ2n) is 6.92. The first-order valence-electron chi connectivity index (χ1n) is 9.91. The Morgan fingerprint density at radius 2 is 1.61 bits per heavy atom. The lowest BCUT2D eigenvalue weighted by atomic mass is 9.94. The first kappa shape index (κ1) is 23.8. The van der Waals surface area contributed by atoms with E-state index in [9.17, 15) is 0 Å². The van der Waals surface area contributed by atoms with E-state index >= 15 is 0 Å². The van der Waals surface area contributed by atoms with E-state index in [0.29, 0.717) is 0 Å². The molecule has 0 saturated carbocycles. The van der Waals surface area contributed by atoms with Crippen molar-refractivity contribution >= 4 is 11.9 Å². The summed E-state index contributed by atoms with van der Waals surface area (Å²) in [5, 5.41) is 14.8. The number of nitrogens with zero attached hydrogens (tertiary/aromatic N) is 1. The highest BCUT2D eigenvalue weighted by molar-refractivity contribution is 6.27. The molecule has 2 rings (SSSR count). The molecule has 7 heteroatoms. The maximum atomic E-state index is 9.10. The van der Waals surface area contributed by atoms with Gasteiger partial charge < -0.3 is 24.6 Å². The summed E-state index contributed by atoms with van der Waals surface area (Å²) in [4.78, 5) is 20.8. The molecule has 0 atom stereocenters. The summed E-state index contributed by atoms with van der Waals surface area (Å²) in [6.45, 7) is 6.94. The standard InChI is InChI=1S/C19H31NO2.C2H2O4/c1-3-4-5-13-20-14-10-17(11-15-20)12-16-22-19-8-6-18(21-2)7-9-19;3-1(4)2(5)6/h6-9,17H,3-5,10-16H2,1-2H3;(H,3,4)(H,5,6). The van der Waals surface area contributed by atoms with Crippen LogP contribution in [0.3, 0.4) is 0 Å². The number of hydrogen-bond donors (Lipinski definition) is 2. The van der Waals surface area contributed by atoms with Crippen LogP contribution in [-0.4, -0.2) is 60.4 Å². The molecule has 0 spiro atoms. The van der Waals surface area contributed by atoms with Crippen molar-refractivity contribution in [2.45, 2.75) is 45.4 Å². The van der Waals surface area contributed by atoms with Gasteiger partial charge >= 0.3 is 11.9 Å². The smallest absolute Gasteiger partial charge is 0.414 e. The number of piperidine rings is 1. The lowest BCUT2D eigenvalue weighted by Crippen LogP contribution is -2.34. The molecule has 0 radical (unpaired) electrons. The van der Waals surface area contributed by atoms with Crippen LogP contribution in [0.25, 0.3) is 0 Å². The summed E-state index contributed by atoms with van der Waals surface area (Å²) < 4.78 is 11.0. The first-order valence-corrected chi connectivity index (χ1v) is 9.91. The fourth-order valence-electron chi connectivity index (χ4n) is 3.10. The van der Waals surface area contributed by atoms with E-state index in [4.69, 9.17) is 29.3 Å². The number of benzene rings is 1. The second kappa shape index (κ2) is 13.8. The van der Waals surface area contributed by atoms with Gasteiger partial charge in [-0.15, -0.1) is 0 Å². The number of hydrogen-bond acceptors (Lipinski definition) is 5. The summed E-state index contributed by atoms with van der Waals surface area (Å²) in [7, 11) is 1.69. The highest BCUT2D eigenvalue weighted by atomic mass is 16.5. The van der Waals surface area contributed by atoms with Crippen LogP contribution in [0, 0.1) is 5.92 Å². The quantitative estimate of drug-likeness (QED) is 0.488. The Morgan fingerprint density at radius 3 is 2.11 bits per heavy atom. The fraction of sp³-hybridized carbons (Fsp3) is 0.619. The van der Waals surface area contributed by atoms with Gasteiger partial charge in [0.15, 0.2) is 0 Å². The van der Waals surface area contributed by atoms with Gasteiger partial charge in [-0.2, -0.15) is 0 Å². The van der Waals surface area contributed by atoms with E-state index in [0.717, 1.165) is 24.0 Å². The van der Waals surface area contributed by atoms with Crippen molar-refractivity contribution in [3.05, 3.63) is 24.3 Å². The lowest BCUT2D eigenvalue weighted by Gasteiger charge is -2.31. The van der Waals surface area contributed by atoms with Crippen molar-refractivity contribution < 1.29 is 29.3 Å². The van der Waals surface area contributed by atoms with E-state index in [2.05, 4.69) is 11.8 Å². The number of carboxylic acid groups (broad SMARTS) is 2. The normalized spacial score (nSPS) is 14.6. The van der Waals surface area contributed by atoms with Crippen LogP contribution in [0.4, 0.5) is 0 Å². The Morgan fingerprint density at radius 1 is 1.04 bits per heavy atom. The average Bonchev–Trinajstić information content (AvgIpc) is 2.70. The molecule has 1 fully saturated rings. The molecule has 1 heterocycles. The minimum absolute atomic E-state index is 0.826. The molecule has 158 valence electrons. The van der Waals surface area contributed by atoms with E-state index in [1.165, 1.54) is 58.2 Å². The van der Waals surface area contributed by atoms with Crippen LogP contribution in [-0.2, 0) is 9.59 Å². The predicted octanol–water partition coefficient (Wildman–Crippen LogP) is 3.52. The maximum Gasteiger partial charge on any atom is 0.414 e. The van der Waals surface area contributed by atoms with Crippen molar-refractivity contribution in [2.75, 3.05) is 33.4 Å². The average molecular weight is 395 g/mol. The topological polar surface area (TPSA) is 96.3 Å². The van der Waals surface area contributed by atoms with Gasteiger partial charge in [0.2, 0.25) is 0 Å². The molecule has 1 saturated heterocycles. The van der Waals surface area contributed by atoms with Crippen molar-refractivity contribution in [1.29, 1.82) is 0 Å². The second-order valence-corrected chi connectivity index (χ2v) is 6.92. The van der Waals surface area contributed by atoms with Gasteiger partial charge in [0.1, 0.15) is 11.5 Å². The van der Waals surface area contributed by atoms with Gasteiger partial charge in [-0.25, -0.2) is 9.59 Å². The minimum atomic E-state index is -1.82. The number of unbranched alkanes of at least 4 members (excludes halogenated alkanes) is 2. The molecule has 7 nitrogen and oxygen atoms in total. The van der Waals surface area contributed by atoms with Gasteiger partial charge in [-0.3, -0.25) is 0 Å². The molecule has 28 heavy (non-hydrogen) atoms. The fourth-order valence-corrected chi connectivity index (χ4v) is 3.10. The van der Waals surface area contributed by atoms with Crippen LogP contribution in [0.2, 0.25) is 0 Å². The van der Waals surface area contributed by atoms with Gasteiger partial charge in [0, 0.05) is 0 Å². The van der Waals surface area contributed by atoms with E-state index in [1.54, 1.807) is 7.11 Å². The molecule has 0 aromatic heterocycles. The van der Waals surface area contributed by atoms with E-state index in [-0.39, 0.29) is 0 Å². The van der Waals surface area contributed by atoms with Crippen LogP contribution < -0.4 is 9.47 Å². The van der Waals surface area contributed by atoms with Crippen LogP contribution in [0.1, 0.15) is 45.4 Å². The number of aliphatic carboxylic acids is 2. The lowest BCUT2D eigenvalue weighted by molar-refractivity contribution is -0.159. The zero-order valence-corrected chi connectivity index (χ0v) is 16.9. The third-order valence-corrected chi connectivity index (χ3v) is 4.82. The predicted molar refractivity (Wildman–Crippen MR) is 107 cm³/mol. The van der Waals surface area contributed by atoms with E-state index < -0.39 is 11.9 Å². The largest absolute Gasteiger partial charge is 0.497 e.